The highest BCUT2D eigenvalue weighted by Crippen LogP contribution is 2.16. The Morgan fingerprint density at radius 2 is 2.00 bits per heavy atom. The summed E-state index contributed by atoms with van der Waals surface area (Å²) in [5, 5.41) is 16.0. The zero-order valence-corrected chi connectivity index (χ0v) is 10.0. The van der Waals surface area contributed by atoms with E-state index in [4.69, 9.17) is 18.0 Å². The minimum Gasteiger partial charge on any atom is -0.389 e. The first-order chi connectivity index (χ1) is 8.77. The quantitative estimate of drug-likeness (QED) is 0.684. The molecule has 7 heteroatoms. The number of fused-ring (bicyclic) bond motifs is 1. The lowest BCUT2D eigenvalue weighted by Gasteiger charge is -2.05. The second-order valence-corrected chi connectivity index (χ2v) is 4.06. The molecular weight excluding hydrogens is 248 g/mol. The summed E-state index contributed by atoms with van der Waals surface area (Å²) >= 11 is 4.99. The predicted molar refractivity (Wildman–Crippen MR) is 70.3 cm³/mol. The fourth-order valence-electron chi connectivity index (χ4n) is 1.70. The van der Waals surface area contributed by atoms with Crippen LogP contribution in [-0.4, -0.2) is 30.2 Å². The van der Waals surface area contributed by atoms with Gasteiger partial charge in [0.15, 0.2) is 5.82 Å². The van der Waals surface area contributed by atoms with Crippen LogP contribution in [0.1, 0.15) is 5.56 Å². The smallest absolute Gasteiger partial charge is 0.188 e. The number of para-hydroxylation sites is 1. The number of hydrogen-bond donors (Lipinski definition) is 1. The Morgan fingerprint density at radius 3 is 2.83 bits per heavy atom. The Labute approximate surface area is 107 Å². The zero-order chi connectivity index (χ0) is 12.5. The van der Waals surface area contributed by atoms with Gasteiger partial charge < -0.3 is 5.73 Å². The molecule has 88 valence electrons. The highest BCUT2D eigenvalue weighted by atomic mass is 32.1. The van der Waals surface area contributed by atoms with E-state index in [1.807, 2.05) is 24.3 Å². The Morgan fingerprint density at radius 1 is 1.17 bits per heavy atom. The van der Waals surface area contributed by atoms with Gasteiger partial charge in [-0.15, -0.1) is 10.2 Å². The van der Waals surface area contributed by atoms with Gasteiger partial charge in [-0.1, -0.05) is 29.6 Å². The molecule has 2 aromatic heterocycles. The van der Waals surface area contributed by atoms with E-state index in [1.165, 1.54) is 6.20 Å². The number of nitrogens with zero attached hydrogens (tertiary/aromatic N) is 5. The molecule has 0 saturated heterocycles. The van der Waals surface area contributed by atoms with Gasteiger partial charge in [-0.3, -0.25) is 0 Å². The SMILES string of the molecule is NC(=S)c1ccnnc1-n1nnc2ccccc21. The van der Waals surface area contributed by atoms with Crippen LogP contribution in [-0.2, 0) is 0 Å². The molecule has 3 aromatic rings. The van der Waals surface area contributed by atoms with Gasteiger partial charge in [0.25, 0.3) is 0 Å². The molecule has 1 aromatic carbocycles. The summed E-state index contributed by atoms with van der Waals surface area (Å²) in [6, 6.07) is 9.27. The third-order valence-electron chi connectivity index (χ3n) is 2.52. The fraction of sp³-hybridized carbons (Fsp3) is 0. The maximum atomic E-state index is 5.67. The van der Waals surface area contributed by atoms with Crippen LogP contribution in [0.25, 0.3) is 16.9 Å². The van der Waals surface area contributed by atoms with E-state index in [1.54, 1.807) is 10.7 Å². The van der Waals surface area contributed by atoms with Gasteiger partial charge in [0.2, 0.25) is 0 Å². The van der Waals surface area contributed by atoms with Crippen molar-refractivity contribution in [3.8, 4) is 5.82 Å². The summed E-state index contributed by atoms with van der Waals surface area (Å²) in [5.41, 5.74) is 7.89. The van der Waals surface area contributed by atoms with Crippen molar-refractivity contribution in [2.24, 2.45) is 5.73 Å². The summed E-state index contributed by atoms with van der Waals surface area (Å²) in [5.74, 6) is 0.485. The average molecular weight is 256 g/mol. The van der Waals surface area contributed by atoms with Gasteiger partial charge >= 0.3 is 0 Å². The minimum atomic E-state index is 0.250. The van der Waals surface area contributed by atoms with E-state index < -0.39 is 0 Å². The van der Waals surface area contributed by atoms with Crippen LogP contribution in [0.5, 0.6) is 0 Å². The fourth-order valence-corrected chi connectivity index (χ4v) is 1.86. The summed E-state index contributed by atoms with van der Waals surface area (Å²) in [6.45, 7) is 0. The molecule has 0 aliphatic rings. The zero-order valence-electron chi connectivity index (χ0n) is 9.19. The number of aromatic nitrogens is 5. The Hall–Kier alpha value is -2.41. The van der Waals surface area contributed by atoms with E-state index in [0.29, 0.717) is 11.4 Å². The molecule has 3 rings (SSSR count). The third kappa shape index (κ3) is 1.61. The molecular formula is C11H8N6S. The van der Waals surface area contributed by atoms with Gasteiger partial charge in [0.05, 0.1) is 17.3 Å². The van der Waals surface area contributed by atoms with Crippen molar-refractivity contribution in [2.45, 2.75) is 0 Å². The molecule has 0 aliphatic carbocycles. The van der Waals surface area contributed by atoms with Gasteiger partial charge in [-0.05, 0) is 18.2 Å². The van der Waals surface area contributed by atoms with Crippen LogP contribution in [0.4, 0.5) is 0 Å². The molecule has 0 amide bonds. The van der Waals surface area contributed by atoms with Gasteiger partial charge in [-0.25, -0.2) is 0 Å². The van der Waals surface area contributed by atoms with Gasteiger partial charge in [-0.2, -0.15) is 9.78 Å². The standard InChI is InChI=1S/C11H8N6S/c12-10(18)7-5-6-13-15-11(7)17-9-4-2-1-3-8(9)14-16-17/h1-6H,(H2,12,18). The molecule has 0 atom stereocenters. The normalized spacial score (nSPS) is 10.7. The van der Waals surface area contributed by atoms with Crippen molar-refractivity contribution < 1.29 is 0 Å². The Bertz CT molecular complexity index is 735. The largest absolute Gasteiger partial charge is 0.389 e. The molecule has 18 heavy (non-hydrogen) atoms. The summed E-state index contributed by atoms with van der Waals surface area (Å²) in [4.78, 5) is 0.250. The van der Waals surface area contributed by atoms with Crippen LogP contribution in [0.15, 0.2) is 36.5 Å². The van der Waals surface area contributed by atoms with Crippen molar-refractivity contribution in [1.82, 2.24) is 25.2 Å². The van der Waals surface area contributed by atoms with Crippen LogP contribution < -0.4 is 5.73 Å². The first-order valence-corrected chi connectivity index (χ1v) is 5.60. The lowest BCUT2D eigenvalue weighted by atomic mass is 10.2. The minimum absolute atomic E-state index is 0.250. The maximum absolute atomic E-state index is 5.67. The molecule has 0 radical (unpaired) electrons. The number of rotatable bonds is 2. The first-order valence-electron chi connectivity index (χ1n) is 5.19. The molecule has 2 N–H and O–H groups in total. The molecule has 0 spiro atoms. The van der Waals surface area contributed by atoms with Gasteiger partial charge in [0, 0.05) is 0 Å². The maximum Gasteiger partial charge on any atom is 0.188 e. The molecule has 2 heterocycles. The van der Waals surface area contributed by atoms with Crippen LogP contribution in [0.3, 0.4) is 0 Å². The predicted octanol–water partition coefficient (Wildman–Crippen LogP) is 0.845. The second kappa shape index (κ2) is 4.11. The van der Waals surface area contributed by atoms with Crippen LogP contribution in [0, 0.1) is 0 Å². The average Bonchev–Trinajstić information content (AvgIpc) is 2.82. The van der Waals surface area contributed by atoms with Crippen molar-refractivity contribution in [1.29, 1.82) is 0 Å². The van der Waals surface area contributed by atoms with Crippen molar-refractivity contribution >= 4 is 28.2 Å². The summed E-state index contributed by atoms with van der Waals surface area (Å²) < 4.78 is 1.58. The Kier molecular flexibility index (Phi) is 2.45. The second-order valence-electron chi connectivity index (χ2n) is 3.62. The Balaban J connectivity index is 2.30. The van der Waals surface area contributed by atoms with E-state index in [9.17, 15) is 0 Å². The lowest BCUT2D eigenvalue weighted by Crippen LogP contribution is -2.15. The lowest BCUT2D eigenvalue weighted by molar-refractivity contribution is 0.779. The molecule has 0 unspecified atom stereocenters. The van der Waals surface area contributed by atoms with Crippen molar-refractivity contribution in [3.05, 3.63) is 42.1 Å². The van der Waals surface area contributed by atoms with Gasteiger partial charge in [0.1, 0.15) is 10.5 Å². The van der Waals surface area contributed by atoms with Crippen LogP contribution >= 0.6 is 12.2 Å². The van der Waals surface area contributed by atoms with Crippen LogP contribution in [0.2, 0.25) is 0 Å². The first kappa shape index (κ1) is 10.7. The topological polar surface area (TPSA) is 82.5 Å². The summed E-state index contributed by atoms with van der Waals surface area (Å²) in [7, 11) is 0. The number of benzene rings is 1. The number of nitrogens with two attached hydrogens (primary N) is 1. The van der Waals surface area contributed by atoms with Crippen molar-refractivity contribution in [3.63, 3.8) is 0 Å². The van der Waals surface area contributed by atoms with E-state index >= 15 is 0 Å². The molecule has 6 nitrogen and oxygen atoms in total. The third-order valence-corrected chi connectivity index (χ3v) is 2.74. The highest BCUT2D eigenvalue weighted by Gasteiger charge is 2.13. The number of hydrogen-bond acceptors (Lipinski definition) is 5. The molecule has 0 saturated carbocycles. The van der Waals surface area contributed by atoms with E-state index in [2.05, 4.69) is 20.5 Å². The molecule has 0 bridgehead atoms. The monoisotopic (exact) mass is 256 g/mol. The highest BCUT2D eigenvalue weighted by molar-refractivity contribution is 7.80. The molecule has 0 aliphatic heterocycles. The summed E-state index contributed by atoms with van der Waals surface area (Å²) in [6.07, 6.45) is 1.54. The van der Waals surface area contributed by atoms with E-state index in [-0.39, 0.29) is 4.99 Å². The number of thiocarbonyl (C=S) groups is 1. The van der Waals surface area contributed by atoms with Crippen molar-refractivity contribution in [2.75, 3.05) is 0 Å². The van der Waals surface area contributed by atoms with E-state index in [0.717, 1.165) is 11.0 Å². The molecule has 0 fully saturated rings.